The summed E-state index contributed by atoms with van der Waals surface area (Å²) in [5.74, 6) is 1.08. The second-order valence-electron chi connectivity index (χ2n) is 9.53. The number of likely N-dealkylation sites (tertiary alicyclic amines) is 2. The van der Waals surface area contributed by atoms with E-state index in [0.29, 0.717) is 29.3 Å². The number of amides is 1. The molecule has 0 bridgehead atoms. The number of carbonyl (C=O) groups excluding carboxylic acids is 1. The van der Waals surface area contributed by atoms with Gasteiger partial charge in [0.2, 0.25) is 5.91 Å². The van der Waals surface area contributed by atoms with Crippen LogP contribution in [0.4, 0.5) is 0 Å². The minimum Gasteiger partial charge on any atom is -0.343 e. The van der Waals surface area contributed by atoms with Gasteiger partial charge in [0.1, 0.15) is 0 Å². The zero-order valence-corrected chi connectivity index (χ0v) is 17.2. The molecule has 3 fully saturated rings. The van der Waals surface area contributed by atoms with Crippen LogP contribution in [0.1, 0.15) is 76.8 Å². The van der Waals surface area contributed by atoms with Crippen LogP contribution < -0.4 is 0 Å². The van der Waals surface area contributed by atoms with Crippen molar-refractivity contribution in [1.82, 2.24) is 9.80 Å². The molecule has 27 heavy (non-hydrogen) atoms. The molecular formula is C24H36N2O. The summed E-state index contributed by atoms with van der Waals surface area (Å²) in [5, 5.41) is 0. The third kappa shape index (κ3) is 3.81. The molecule has 1 amide bonds. The van der Waals surface area contributed by atoms with Crippen LogP contribution in [0.15, 0.2) is 30.3 Å². The molecule has 1 saturated carbocycles. The lowest BCUT2D eigenvalue weighted by atomic mass is 9.62. The normalized spacial score (nSPS) is 26.3. The van der Waals surface area contributed by atoms with Crippen LogP contribution in [0, 0.1) is 11.3 Å². The average Bonchev–Trinajstić information content (AvgIpc) is 2.68. The minimum absolute atomic E-state index is 0.368. The van der Waals surface area contributed by atoms with Crippen molar-refractivity contribution in [2.75, 3.05) is 19.6 Å². The van der Waals surface area contributed by atoms with Crippen molar-refractivity contribution in [1.29, 1.82) is 0 Å². The first-order valence-electron chi connectivity index (χ1n) is 11.2. The molecule has 1 aromatic rings. The second kappa shape index (κ2) is 7.95. The molecule has 1 atom stereocenters. The van der Waals surface area contributed by atoms with Gasteiger partial charge in [-0.05, 0) is 51.0 Å². The lowest BCUT2D eigenvalue weighted by Gasteiger charge is -2.62. The summed E-state index contributed by atoms with van der Waals surface area (Å²) in [5.41, 5.74) is 1.83. The van der Waals surface area contributed by atoms with E-state index in [-0.39, 0.29) is 0 Å². The number of piperidine rings is 1. The minimum atomic E-state index is 0.368. The van der Waals surface area contributed by atoms with E-state index in [1.54, 1.807) is 0 Å². The Morgan fingerprint density at radius 3 is 2.37 bits per heavy atom. The van der Waals surface area contributed by atoms with E-state index in [2.05, 4.69) is 54.0 Å². The van der Waals surface area contributed by atoms with Crippen LogP contribution in [0.5, 0.6) is 0 Å². The van der Waals surface area contributed by atoms with Gasteiger partial charge in [-0.25, -0.2) is 0 Å². The molecule has 148 valence electrons. The molecule has 3 aliphatic rings. The number of nitrogens with zero attached hydrogens (tertiary/aromatic N) is 2. The van der Waals surface area contributed by atoms with Crippen molar-refractivity contribution in [2.24, 2.45) is 11.3 Å². The van der Waals surface area contributed by atoms with Crippen LogP contribution in [-0.2, 0) is 4.79 Å². The highest BCUT2D eigenvalue weighted by molar-refractivity contribution is 5.76. The van der Waals surface area contributed by atoms with Gasteiger partial charge < -0.3 is 4.90 Å². The summed E-state index contributed by atoms with van der Waals surface area (Å²) in [7, 11) is 0. The molecule has 2 saturated heterocycles. The Labute approximate surface area is 165 Å². The van der Waals surface area contributed by atoms with Gasteiger partial charge in [0, 0.05) is 43.6 Å². The van der Waals surface area contributed by atoms with Crippen molar-refractivity contribution in [2.45, 2.75) is 77.3 Å². The van der Waals surface area contributed by atoms with Gasteiger partial charge >= 0.3 is 0 Å². The Morgan fingerprint density at radius 2 is 1.74 bits per heavy atom. The molecule has 1 spiro atoms. The summed E-state index contributed by atoms with van der Waals surface area (Å²) < 4.78 is 0. The first-order valence-corrected chi connectivity index (χ1v) is 11.2. The van der Waals surface area contributed by atoms with Gasteiger partial charge in [-0.15, -0.1) is 0 Å². The zero-order valence-electron chi connectivity index (χ0n) is 17.2. The lowest BCUT2D eigenvalue weighted by molar-refractivity contribution is -0.148. The monoisotopic (exact) mass is 368 g/mol. The van der Waals surface area contributed by atoms with Gasteiger partial charge in [0.05, 0.1) is 0 Å². The largest absolute Gasteiger partial charge is 0.343 e. The molecule has 3 nitrogen and oxygen atoms in total. The third-order valence-corrected chi connectivity index (χ3v) is 7.49. The number of carbonyl (C=O) groups is 1. The Kier molecular flexibility index (Phi) is 5.59. The molecule has 4 rings (SSSR count). The van der Waals surface area contributed by atoms with Gasteiger partial charge in [-0.1, -0.05) is 49.6 Å². The van der Waals surface area contributed by atoms with E-state index in [1.165, 1.54) is 44.2 Å². The lowest BCUT2D eigenvalue weighted by Crippen LogP contribution is -2.64. The first kappa shape index (κ1) is 19.0. The maximum atomic E-state index is 12.8. The van der Waals surface area contributed by atoms with E-state index >= 15 is 0 Å². The average molecular weight is 369 g/mol. The summed E-state index contributed by atoms with van der Waals surface area (Å²) in [6.07, 6.45) is 9.66. The number of rotatable bonds is 4. The Hall–Kier alpha value is -1.35. The molecule has 0 radical (unpaired) electrons. The molecule has 1 unspecified atom stereocenters. The second-order valence-corrected chi connectivity index (χ2v) is 9.53. The zero-order chi connectivity index (χ0) is 18.9. The highest BCUT2D eigenvalue weighted by Gasteiger charge is 2.54. The van der Waals surface area contributed by atoms with Crippen LogP contribution in [0.3, 0.4) is 0 Å². The highest BCUT2D eigenvalue weighted by Crippen LogP contribution is 2.55. The van der Waals surface area contributed by atoms with Gasteiger partial charge in [-0.3, -0.25) is 9.69 Å². The molecule has 0 aromatic heterocycles. The van der Waals surface area contributed by atoms with E-state index in [0.717, 1.165) is 32.4 Å². The van der Waals surface area contributed by atoms with Crippen molar-refractivity contribution < 1.29 is 4.79 Å². The summed E-state index contributed by atoms with van der Waals surface area (Å²) in [6, 6.07) is 12.1. The molecule has 0 N–H and O–H groups in total. The third-order valence-electron chi connectivity index (χ3n) is 7.49. The predicted octanol–water partition coefficient (Wildman–Crippen LogP) is 5.03. The van der Waals surface area contributed by atoms with Crippen LogP contribution >= 0.6 is 0 Å². The van der Waals surface area contributed by atoms with Crippen molar-refractivity contribution >= 4 is 5.91 Å². The van der Waals surface area contributed by atoms with Crippen LogP contribution in [0.25, 0.3) is 0 Å². The first-order chi connectivity index (χ1) is 13.1. The Bertz CT molecular complexity index is 627. The topological polar surface area (TPSA) is 23.6 Å². The number of hydrogen-bond acceptors (Lipinski definition) is 2. The van der Waals surface area contributed by atoms with Crippen molar-refractivity contribution in [3.05, 3.63) is 35.9 Å². The maximum absolute atomic E-state index is 12.8. The molecule has 1 aromatic carbocycles. The number of hydrogen-bond donors (Lipinski definition) is 0. The van der Waals surface area contributed by atoms with Gasteiger partial charge in [-0.2, -0.15) is 0 Å². The molecule has 2 aliphatic heterocycles. The summed E-state index contributed by atoms with van der Waals surface area (Å²) in [4.78, 5) is 17.7. The maximum Gasteiger partial charge on any atom is 0.222 e. The van der Waals surface area contributed by atoms with E-state index in [1.807, 2.05) is 0 Å². The van der Waals surface area contributed by atoms with E-state index in [9.17, 15) is 4.79 Å². The fourth-order valence-electron chi connectivity index (χ4n) is 5.84. The smallest absolute Gasteiger partial charge is 0.222 e. The SMILES string of the molecule is CC(C)N1CC2(CCN(C(=O)CC3CCCCC3)CC2)C1c1ccccc1. The fraction of sp³-hybridized carbons (Fsp3) is 0.708. The molecule has 1 aliphatic carbocycles. The van der Waals surface area contributed by atoms with Gasteiger partial charge in [0.15, 0.2) is 0 Å². The summed E-state index contributed by atoms with van der Waals surface area (Å²) in [6.45, 7) is 7.73. The molecular weight excluding hydrogens is 332 g/mol. The van der Waals surface area contributed by atoms with Gasteiger partial charge in [0.25, 0.3) is 0 Å². The quantitative estimate of drug-likeness (QED) is 0.744. The van der Waals surface area contributed by atoms with Crippen molar-refractivity contribution in [3.8, 4) is 0 Å². The fourth-order valence-corrected chi connectivity index (χ4v) is 5.84. The van der Waals surface area contributed by atoms with E-state index in [4.69, 9.17) is 0 Å². The van der Waals surface area contributed by atoms with E-state index < -0.39 is 0 Å². The Balaban J connectivity index is 1.39. The number of benzene rings is 1. The Morgan fingerprint density at radius 1 is 1.07 bits per heavy atom. The molecule has 3 heteroatoms. The highest BCUT2D eigenvalue weighted by atomic mass is 16.2. The predicted molar refractivity (Wildman–Crippen MR) is 110 cm³/mol. The summed E-state index contributed by atoms with van der Waals surface area (Å²) >= 11 is 0. The van der Waals surface area contributed by atoms with Crippen molar-refractivity contribution in [3.63, 3.8) is 0 Å². The van der Waals surface area contributed by atoms with Crippen LogP contribution in [0.2, 0.25) is 0 Å². The standard InChI is InChI=1S/C24H36N2O/c1-19(2)26-18-24(23(26)21-11-7-4-8-12-21)13-15-25(16-14-24)22(27)17-20-9-5-3-6-10-20/h4,7-8,11-12,19-20,23H,3,5-6,9-10,13-18H2,1-2H3. The molecule has 2 heterocycles. The van der Waals surface area contributed by atoms with Crippen LogP contribution in [-0.4, -0.2) is 41.4 Å².